The first-order valence-corrected chi connectivity index (χ1v) is 5.95. The number of benzene rings is 1. The number of rotatable bonds is 4. The lowest BCUT2D eigenvalue weighted by molar-refractivity contribution is -0.385. The van der Waals surface area contributed by atoms with Gasteiger partial charge < -0.3 is 9.67 Å². The second-order valence-corrected chi connectivity index (χ2v) is 4.60. The number of hydrogen-bond acceptors (Lipinski definition) is 6. The van der Waals surface area contributed by atoms with Gasteiger partial charge in [0.2, 0.25) is 0 Å². The van der Waals surface area contributed by atoms with E-state index in [9.17, 15) is 14.5 Å². The zero-order valence-electron chi connectivity index (χ0n) is 9.78. The maximum absolute atomic E-state index is 13.7. The molecule has 0 spiro atoms. The molecule has 1 N–H and O–H groups in total. The van der Waals surface area contributed by atoms with Crippen LogP contribution in [0.25, 0.3) is 0 Å². The van der Waals surface area contributed by atoms with E-state index in [1.54, 1.807) is 7.05 Å². The topological polar surface area (TPSA) is 94.1 Å². The molecule has 19 heavy (non-hydrogen) atoms. The van der Waals surface area contributed by atoms with Crippen molar-refractivity contribution < 1.29 is 14.4 Å². The summed E-state index contributed by atoms with van der Waals surface area (Å²) in [5, 5.41) is 27.4. The maximum Gasteiger partial charge on any atom is 0.272 e. The molecular weight excluding hydrogens is 275 g/mol. The molecule has 1 heterocycles. The monoisotopic (exact) mass is 284 g/mol. The van der Waals surface area contributed by atoms with Crippen molar-refractivity contribution in [2.45, 2.75) is 16.7 Å². The normalized spacial score (nSPS) is 10.7. The van der Waals surface area contributed by atoms with Gasteiger partial charge in [0.1, 0.15) is 12.4 Å². The van der Waals surface area contributed by atoms with Crippen LogP contribution in [0.15, 0.2) is 28.3 Å². The number of aliphatic hydroxyl groups excluding tert-OH is 1. The average molecular weight is 284 g/mol. The van der Waals surface area contributed by atoms with Crippen molar-refractivity contribution in [3.8, 4) is 0 Å². The average Bonchev–Trinajstić information content (AvgIpc) is 2.72. The van der Waals surface area contributed by atoms with Gasteiger partial charge in [-0.3, -0.25) is 10.1 Å². The van der Waals surface area contributed by atoms with Crippen LogP contribution in [0.4, 0.5) is 10.1 Å². The molecule has 0 radical (unpaired) electrons. The summed E-state index contributed by atoms with van der Waals surface area (Å²) in [4.78, 5) is 10.0. The summed E-state index contributed by atoms with van der Waals surface area (Å²) in [5.41, 5.74) is -0.309. The highest BCUT2D eigenvalue weighted by molar-refractivity contribution is 7.99. The molecule has 0 aliphatic rings. The van der Waals surface area contributed by atoms with E-state index in [0.717, 1.165) is 17.8 Å². The smallest absolute Gasteiger partial charge is 0.272 e. The molecule has 0 atom stereocenters. The van der Waals surface area contributed by atoms with Gasteiger partial charge in [-0.25, -0.2) is 4.39 Å². The fourth-order valence-corrected chi connectivity index (χ4v) is 2.17. The molecule has 1 aromatic heterocycles. The molecule has 0 saturated carbocycles. The Bertz CT molecular complexity index is 631. The minimum Gasteiger partial charge on any atom is -0.388 e. The van der Waals surface area contributed by atoms with Crippen LogP contribution < -0.4 is 0 Å². The van der Waals surface area contributed by atoms with Crippen molar-refractivity contribution in [1.82, 2.24) is 14.8 Å². The largest absolute Gasteiger partial charge is 0.388 e. The number of non-ortho nitro benzene ring substituents is 1. The van der Waals surface area contributed by atoms with E-state index in [4.69, 9.17) is 5.11 Å². The van der Waals surface area contributed by atoms with Crippen molar-refractivity contribution in [1.29, 1.82) is 0 Å². The van der Waals surface area contributed by atoms with Gasteiger partial charge in [0.05, 0.1) is 15.9 Å². The first-order valence-electron chi connectivity index (χ1n) is 5.14. The molecular formula is C10H9FN4O3S. The molecule has 0 bridgehead atoms. The van der Waals surface area contributed by atoms with Gasteiger partial charge in [-0.1, -0.05) is 0 Å². The molecule has 1 aromatic carbocycles. The van der Waals surface area contributed by atoms with Crippen LogP contribution in [-0.2, 0) is 13.7 Å². The van der Waals surface area contributed by atoms with E-state index in [-0.39, 0.29) is 17.2 Å². The van der Waals surface area contributed by atoms with Crippen molar-refractivity contribution >= 4 is 17.4 Å². The third-order valence-electron chi connectivity index (χ3n) is 2.39. The molecule has 7 nitrogen and oxygen atoms in total. The Balaban J connectivity index is 2.28. The summed E-state index contributed by atoms with van der Waals surface area (Å²) in [5.74, 6) is -0.349. The van der Waals surface area contributed by atoms with Crippen molar-refractivity contribution in [3.63, 3.8) is 0 Å². The Morgan fingerprint density at radius 3 is 2.79 bits per heavy atom. The minimum atomic E-state index is -0.701. The van der Waals surface area contributed by atoms with E-state index in [1.807, 2.05) is 0 Å². The van der Waals surface area contributed by atoms with Gasteiger partial charge in [-0.15, -0.1) is 10.2 Å². The second kappa shape index (κ2) is 5.33. The number of nitro benzene ring substituents is 1. The van der Waals surface area contributed by atoms with Gasteiger partial charge in [0, 0.05) is 13.1 Å². The van der Waals surface area contributed by atoms with Crippen LogP contribution in [0, 0.1) is 15.9 Å². The third kappa shape index (κ3) is 2.71. The number of aliphatic hydroxyl groups is 1. The van der Waals surface area contributed by atoms with Crippen molar-refractivity contribution in [3.05, 3.63) is 40.0 Å². The van der Waals surface area contributed by atoms with Crippen LogP contribution in [0.2, 0.25) is 0 Å². The van der Waals surface area contributed by atoms with Crippen LogP contribution in [-0.4, -0.2) is 24.8 Å². The van der Waals surface area contributed by atoms with E-state index in [0.29, 0.717) is 11.0 Å². The lowest BCUT2D eigenvalue weighted by atomic mass is 10.3. The van der Waals surface area contributed by atoms with Crippen LogP contribution in [0.1, 0.15) is 5.82 Å². The first kappa shape index (κ1) is 13.4. The Morgan fingerprint density at radius 2 is 2.26 bits per heavy atom. The molecule has 0 unspecified atom stereocenters. The number of halogens is 1. The lowest BCUT2D eigenvalue weighted by Gasteiger charge is -2.03. The summed E-state index contributed by atoms with van der Waals surface area (Å²) in [7, 11) is 1.64. The molecule has 0 fully saturated rings. The van der Waals surface area contributed by atoms with E-state index >= 15 is 0 Å². The third-order valence-corrected chi connectivity index (χ3v) is 3.48. The Kier molecular flexibility index (Phi) is 3.76. The molecule has 0 aliphatic heterocycles. The zero-order valence-corrected chi connectivity index (χ0v) is 10.6. The fourth-order valence-electron chi connectivity index (χ4n) is 1.36. The summed E-state index contributed by atoms with van der Waals surface area (Å²) >= 11 is 0.978. The van der Waals surface area contributed by atoms with Crippen LogP contribution >= 0.6 is 11.8 Å². The van der Waals surface area contributed by atoms with Gasteiger partial charge in [-0.05, 0) is 17.8 Å². The first-order chi connectivity index (χ1) is 9.02. The predicted octanol–water partition coefficient (Wildman–Crippen LogP) is 1.51. The highest BCUT2D eigenvalue weighted by Gasteiger charge is 2.15. The van der Waals surface area contributed by atoms with Crippen LogP contribution in [0.5, 0.6) is 0 Å². The molecule has 0 saturated heterocycles. The summed E-state index contributed by atoms with van der Waals surface area (Å²) in [6.45, 7) is -0.271. The Labute approximate surface area is 111 Å². The zero-order chi connectivity index (χ0) is 14.0. The number of hydrogen-bond donors (Lipinski definition) is 1. The summed E-state index contributed by atoms with van der Waals surface area (Å²) in [6, 6.07) is 3.38. The molecule has 9 heteroatoms. The number of nitrogens with zero attached hydrogens (tertiary/aromatic N) is 4. The Morgan fingerprint density at radius 1 is 1.53 bits per heavy atom. The van der Waals surface area contributed by atoms with Crippen molar-refractivity contribution in [2.24, 2.45) is 7.05 Å². The van der Waals surface area contributed by atoms with Gasteiger partial charge in [0.25, 0.3) is 5.69 Å². The van der Waals surface area contributed by atoms with Gasteiger partial charge >= 0.3 is 0 Å². The van der Waals surface area contributed by atoms with E-state index in [1.165, 1.54) is 16.7 Å². The summed E-state index contributed by atoms with van der Waals surface area (Å²) in [6.07, 6.45) is 0. The lowest BCUT2D eigenvalue weighted by Crippen LogP contribution is -1.98. The fraction of sp³-hybridized carbons (Fsp3) is 0.200. The second-order valence-electron chi connectivity index (χ2n) is 3.59. The maximum atomic E-state index is 13.7. The van der Waals surface area contributed by atoms with E-state index in [2.05, 4.69) is 10.2 Å². The number of aromatic nitrogens is 3. The molecule has 2 rings (SSSR count). The van der Waals surface area contributed by atoms with Crippen molar-refractivity contribution in [2.75, 3.05) is 0 Å². The molecule has 0 aliphatic carbocycles. The standard InChI is InChI=1S/C10H9FN4O3S/c1-14-9(5-16)12-13-10(14)19-8-3-2-6(15(17)18)4-7(8)11/h2-4,16H,5H2,1H3. The SMILES string of the molecule is Cn1c(CO)nnc1Sc1ccc([N+](=O)[O-])cc1F. The highest BCUT2D eigenvalue weighted by Crippen LogP contribution is 2.30. The minimum absolute atomic E-state index is 0.200. The Hall–Kier alpha value is -2.00. The highest BCUT2D eigenvalue weighted by atomic mass is 32.2. The molecule has 0 amide bonds. The van der Waals surface area contributed by atoms with Gasteiger partial charge in [0.15, 0.2) is 11.0 Å². The predicted molar refractivity (Wildman–Crippen MR) is 64.1 cm³/mol. The molecule has 2 aromatic rings. The van der Waals surface area contributed by atoms with Gasteiger partial charge in [-0.2, -0.15) is 0 Å². The molecule has 100 valence electrons. The van der Waals surface area contributed by atoms with E-state index < -0.39 is 10.7 Å². The summed E-state index contributed by atoms with van der Waals surface area (Å²) < 4.78 is 15.2. The van der Waals surface area contributed by atoms with Crippen LogP contribution in [0.3, 0.4) is 0 Å². The number of nitro groups is 1. The quantitative estimate of drug-likeness (QED) is 0.675.